The van der Waals surface area contributed by atoms with Gasteiger partial charge < -0.3 is 39.4 Å². The van der Waals surface area contributed by atoms with Crippen molar-refractivity contribution in [3.05, 3.63) is 11.1 Å². The number of hydrogen-bond donors (Lipinski definition) is 4. The normalized spacial score (nSPS) is 42.1. The summed E-state index contributed by atoms with van der Waals surface area (Å²) in [6.45, 7) is 1.95. The van der Waals surface area contributed by atoms with Crippen LogP contribution in [0.15, 0.2) is 11.1 Å². The van der Waals surface area contributed by atoms with Crippen molar-refractivity contribution in [3.63, 3.8) is 0 Å². The Morgan fingerprint density at radius 2 is 1.96 bits per heavy atom. The van der Waals surface area contributed by atoms with Crippen LogP contribution in [0, 0.1) is 5.92 Å². The minimum absolute atomic E-state index is 0.0932. The van der Waals surface area contributed by atoms with Gasteiger partial charge in [0.25, 0.3) is 0 Å². The molecule has 0 aromatic carbocycles. The van der Waals surface area contributed by atoms with E-state index in [0.29, 0.717) is 18.6 Å². The predicted molar refractivity (Wildman–Crippen MR) is 81.2 cm³/mol. The van der Waals surface area contributed by atoms with Crippen LogP contribution in [-0.2, 0) is 23.7 Å². The van der Waals surface area contributed by atoms with Crippen LogP contribution in [0.4, 0.5) is 0 Å². The van der Waals surface area contributed by atoms with Crippen LogP contribution < -0.4 is 0 Å². The highest BCUT2D eigenvalue weighted by atomic mass is 16.7. The van der Waals surface area contributed by atoms with E-state index in [0.717, 1.165) is 5.57 Å². The van der Waals surface area contributed by atoms with Crippen LogP contribution in [0.5, 0.6) is 0 Å². The van der Waals surface area contributed by atoms with Gasteiger partial charge in [0, 0.05) is 12.3 Å². The number of aliphatic hydroxyl groups is 4. The van der Waals surface area contributed by atoms with E-state index < -0.39 is 37.3 Å². The van der Waals surface area contributed by atoms with Crippen molar-refractivity contribution in [2.75, 3.05) is 26.4 Å². The second kappa shape index (κ2) is 7.67. The van der Waals surface area contributed by atoms with Crippen molar-refractivity contribution in [2.45, 2.75) is 50.2 Å². The Labute approximate surface area is 144 Å². The van der Waals surface area contributed by atoms with E-state index in [-0.39, 0.29) is 31.2 Å². The summed E-state index contributed by atoms with van der Waals surface area (Å²) in [5, 5.41) is 38.8. The van der Waals surface area contributed by atoms with Gasteiger partial charge in [-0.1, -0.05) is 0 Å². The standard InChI is InChI=1S/C16H24O9/c1-7-9(8-2-3-22-15(21)10(8)6-23-7)5-24-16-14(20)13(19)12(18)11(4-17)25-16/h7,9,11-14,16-20H,2-6H2,1H3. The summed E-state index contributed by atoms with van der Waals surface area (Å²) < 4.78 is 21.6. The summed E-state index contributed by atoms with van der Waals surface area (Å²) >= 11 is 0. The Bertz CT molecular complexity index is 532. The minimum atomic E-state index is -1.49. The van der Waals surface area contributed by atoms with Gasteiger partial charge in [-0.3, -0.25) is 0 Å². The molecule has 0 spiro atoms. The van der Waals surface area contributed by atoms with E-state index in [4.69, 9.17) is 18.9 Å². The van der Waals surface area contributed by atoms with E-state index in [1.54, 1.807) is 0 Å². The Morgan fingerprint density at radius 3 is 2.68 bits per heavy atom. The molecule has 25 heavy (non-hydrogen) atoms. The highest BCUT2D eigenvalue weighted by Gasteiger charge is 2.45. The van der Waals surface area contributed by atoms with Crippen molar-refractivity contribution in [2.24, 2.45) is 5.92 Å². The number of aliphatic hydroxyl groups excluding tert-OH is 4. The number of carbonyl (C=O) groups excluding carboxylic acids is 1. The Kier molecular flexibility index (Phi) is 5.74. The molecule has 0 aliphatic carbocycles. The van der Waals surface area contributed by atoms with E-state index in [1.165, 1.54) is 0 Å². The van der Waals surface area contributed by atoms with Crippen molar-refractivity contribution in [3.8, 4) is 0 Å². The summed E-state index contributed by atoms with van der Waals surface area (Å²) in [5.41, 5.74) is 1.42. The molecule has 3 heterocycles. The monoisotopic (exact) mass is 360 g/mol. The zero-order valence-corrected chi connectivity index (χ0v) is 13.9. The predicted octanol–water partition coefficient (Wildman–Crippen LogP) is -1.92. The maximum absolute atomic E-state index is 11.8. The summed E-state index contributed by atoms with van der Waals surface area (Å²) in [5.74, 6) is -0.602. The van der Waals surface area contributed by atoms with Gasteiger partial charge in [-0.2, -0.15) is 0 Å². The van der Waals surface area contributed by atoms with Gasteiger partial charge in [0.1, 0.15) is 24.4 Å². The molecule has 0 radical (unpaired) electrons. The summed E-state index contributed by atoms with van der Waals surface area (Å²) in [6.07, 6.45) is -6.21. The van der Waals surface area contributed by atoms with Crippen molar-refractivity contribution < 1.29 is 44.2 Å². The molecule has 3 aliphatic rings. The van der Waals surface area contributed by atoms with Crippen molar-refractivity contribution in [1.82, 2.24) is 0 Å². The molecule has 0 saturated carbocycles. The number of esters is 1. The first-order valence-corrected chi connectivity index (χ1v) is 8.36. The molecule has 0 aromatic rings. The molecular weight excluding hydrogens is 336 g/mol. The fraction of sp³-hybridized carbons (Fsp3) is 0.812. The molecule has 9 nitrogen and oxygen atoms in total. The lowest BCUT2D eigenvalue weighted by atomic mass is 9.85. The van der Waals surface area contributed by atoms with Crippen LogP contribution in [0.25, 0.3) is 0 Å². The summed E-state index contributed by atoms with van der Waals surface area (Å²) in [7, 11) is 0. The summed E-state index contributed by atoms with van der Waals surface area (Å²) in [4.78, 5) is 11.8. The first kappa shape index (κ1) is 18.7. The van der Waals surface area contributed by atoms with Crippen LogP contribution in [0.1, 0.15) is 13.3 Å². The topological polar surface area (TPSA) is 135 Å². The van der Waals surface area contributed by atoms with Gasteiger partial charge in [0.15, 0.2) is 6.29 Å². The average Bonchev–Trinajstić information content (AvgIpc) is 2.60. The lowest BCUT2D eigenvalue weighted by Crippen LogP contribution is -2.59. The largest absolute Gasteiger partial charge is 0.462 e. The highest BCUT2D eigenvalue weighted by molar-refractivity contribution is 5.90. The van der Waals surface area contributed by atoms with Crippen molar-refractivity contribution >= 4 is 5.97 Å². The number of carbonyl (C=O) groups is 1. The number of cyclic esters (lactones) is 1. The van der Waals surface area contributed by atoms with Gasteiger partial charge in [0.05, 0.1) is 38.1 Å². The van der Waals surface area contributed by atoms with Crippen molar-refractivity contribution in [1.29, 1.82) is 0 Å². The molecule has 9 heteroatoms. The van der Waals surface area contributed by atoms with Crippen LogP contribution >= 0.6 is 0 Å². The molecule has 7 unspecified atom stereocenters. The summed E-state index contributed by atoms with van der Waals surface area (Å²) in [6, 6.07) is 0. The fourth-order valence-corrected chi connectivity index (χ4v) is 3.44. The number of hydrogen-bond acceptors (Lipinski definition) is 9. The van der Waals surface area contributed by atoms with Gasteiger partial charge in [0.2, 0.25) is 0 Å². The maximum Gasteiger partial charge on any atom is 0.336 e. The molecule has 142 valence electrons. The molecule has 0 bridgehead atoms. The fourth-order valence-electron chi connectivity index (χ4n) is 3.44. The number of ether oxygens (including phenoxy) is 4. The third-order valence-corrected chi connectivity index (χ3v) is 5.03. The second-order valence-corrected chi connectivity index (χ2v) is 6.54. The van der Waals surface area contributed by atoms with Crippen LogP contribution in [0.2, 0.25) is 0 Å². The third-order valence-electron chi connectivity index (χ3n) is 5.03. The van der Waals surface area contributed by atoms with E-state index in [1.807, 2.05) is 6.92 Å². The molecule has 1 saturated heterocycles. The van der Waals surface area contributed by atoms with Gasteiger partial charge in [-0.25, -0.2) is 4.79 Å². The maximum atomic E-state index is 11.8. The molecule has 3 rings (SSSR count). The number of rotatable bonds is 4. The molecule has 4 N–H and O–H groups in total. The molecule has 1 fully saturated rings. The van der Waals surface area contributed by atoms with Gasteiger partial charge in [-0.15, -0.1) is 0 Å². The highest BCUT2D eigenvalue weighted by Crippen LogP contribution is 2.33. The zero-order valence-electron chi connectivity index (χ0n) is 13.9. The molecule has 7 atom stereocenters. The van der Waals surface area contributed by atoms with Crippen LogP contribution in [-0.4, -0.2) is 89.6 Å². The Hall–Kier alpha value is -1.07. The lowest BCUT2D eigenvalue weighted by Gasteiger charge is -2.41. The average molecular weight is 360 g/mol. The zero-order chi connectivity index (χ0) is 18.1. The first-order valence-electron chi connectivity index (χ1n) is 8.36. The SMILES string of the molecule is CC1OCC2=C(CCOC2=O)C1COC1OC(CO)C(O)C(O)C1O. The molecule has 0 aromatic heterocycles. The van der Waals surface area contributed by atoms with E-state index in [9.17, 15) is 25.2 Å². The van der Waals surface area contributed by atoms with E-state index in [2.05, 4.69) is 0 Å². The Morgan fingerprint density at radius 1 is 1.20 bits per heavy atom. The molecule has 3 aliphatic heterocycles. The quantitative estimate of drug-likeness (QED) is 0.423. The second-order valence-electron chi connectivity index (χ2n) is 6.54. The molecule has 0 amide bonds. The first-order chi connectivity index (χ1) is 11.9. The van der Waals surface area contributed by atoms with E-state index >= 15 is 0 Å². The van der Waals surface area contributed by atoms with Gasteiger partial charge in [-0.05, 0) is 12.5 Å². The third kappa shape index (κ3) is 3.59. The molecular formula is C16H24O9. The minimum Gasteiger partial charge on any atom is -0.462 e. The Balaban J connectivity index is 1.69. The van der Waals surface area contributed by atoms with Gasteiger partial charge >= 0.3 is 5.97 Å². The van der Waals surface area contributed by atoms with Crippen LogP contribution in [0.3, 0.4) is 0 Å². The smallest absolute Gasteiger partial charge is 0.336 e. The lowest BCUT2D eigenvalue weighted by molar-refractivity contribution is -0.304.